The summed E-state index contributed by atoms with van der Waals surface area (Å²) >= 11 is 0. The summed E-state index contributed by atoms with van der Waals surface area (Å²) in [7, 11) is 0. The van der Waals surface area contributed by atoms with Gasteiger partial charge in [-0.2, -0.15) is 0 Å². The lowest BCUT2D eigenvalue weighted by Crippen LogP contribution is -2.46. The number of hydrogen-bond acceptors (Lipinski definition) is 4. The summed E-state index contributed by atoms with van der Waals surface area (Å²) < 4.78 is 4.92. The lowest BCUT2D eigenvalue weighted by Gasteiger charge is -2.27. The maximum absolute atomic E-state index is 12.2. The Morgan fingerprint density at radius 1 is 1.37 bits per heavy atom. The normalized spacial score (nSPS) is 34.1. The first-order valence-electron chi connectivity index (χ1n) is 7.24. The largest absolute Gasteiger partial charge is 0.466 e. The highest BCUT2D eigenvalue weighted by molar-refractivity contribution is 5.81. The number of hydrogen-bond donors (Lipinski definition) is 2. The SMILES string of the molecule is CCOC(=O)C(C)CNC(=O)C1C2CCC(C2)C1N. The fourth-order valence-electron chi connectivity index (χ4n) is 3.46. The third-order valence-electron chi connectivity index (χ3n) is 4.55. The van der Waals surface area contributed by atoms with Crippen LogP contribution in [0.3, 0.4) is 0 Å². The number of ether oxygens (including phenoxy) is 1. The molecular weight excluding hydrogens is 244 g/mol. The van der Waals surface area contributed by atoms with Crippen molar-refractivity contribution in [3.8, 4) is 0 Å². The molecule has 3 N–H and O–H groups in total. The van der Waals surface area contributed by atoms with Gasteiger partial charge in [-0.15, -0.1) is 0 Å². The van der Waals surface area contributed by atoms with Gasteiger partial charge in [0.05, 0.1) is 18.4 Å². The number of nitrogens with two attached hydrogens (primary N) is 1. The average Bonchev–Trinajstić information content (AvgIpc) is 2.96. The molecule has 5 atom stereocenters. The van der Waals surface area contributed by atoms with Gasteiger partial charge in [0.25, 0.3) is 0 Å². The Balaban J connectivity index is 1.80. The second-order valence-corrected chi connectivity index (χ2v) is 5.83. The molecule has 0 aromatic heterocycles. The zero-order valence-corrected chi connectivity index (χ0v) is 11.7. The number of nitrogens with one attached hydrogen (secondary N) is 1. The second kappa shape index (κ2) is 5.90. The molecule has 0 saturated heterocycles. The zero-order valence-electron chi connectivity index (χ0n) is 11.7. The minimum atomic E-state index is -0.307. The van der Waals surface area contributed by atoms with Crippen molar-refractivity contribution >= 4 is 11.9 Å². The van der Waals surface area contributed by atoms with Crippen molar-refractivity contribution in [2.24, 2.45) is 29.4 Å². The van der Waals surface area contributed by atoms with Crippen LogP contribution >= 0.6 is 0 Å². The molecule has 0 aromatic carbocycles. The smallest absolute Gasteiger partial charge is 0.310 e. The highest BCUT2D eigenvalue weighted by Gasteiger charge is 2.48. The molecule has 108 valence electrons. The first-order chi connectivity index (χ1) is 9.04. The number of carbonyl (C=O) groups is 2. The Morgan fingerprint density at radius 3 is 2.63 bits per heavy atom. The summed E-state index contributed by atoms with van der Waals surface area (Å²) in [6.07, 6.45) is 3.37. The highest BCUT2D eigenvalue weighted by Crippen LogP contribution is 2.47. The maximum Gasteiger partial charge on any atom is 0.310 e. The van der Waals surface area contributed by atoms with Crippen molar-refractivity contribution in [3.63, 3.8) is 0 Å². The van der Waals surface area contributed by atoms with Crippen molar-refractivity contribution in [3.05, 3.63) is 0 Å². The van der Waals surface area contributed by atoms with Crippen LogP contribution in [0.1, 0.15) is 33.1 Å². The Bertz CT molecular complexity index is 357. The van der Waals surface area contributed by atoms with Crippen LogP contribution in [-0.2, 0) is 14.3 Å². The number of carbonyl (C=O) groups excluding carboxylic acids is 2. The minimum Gasteiger partial charge on any atom is -0.466 e. The van der Waals surface area contributed by atoms with Gasteiger partial charge in [-0.1, -0.05) is 6.92 Å². The standard InChI is InChI=1S/C14H24N2O3/c1-3-19-14(18)8(2)7-16-13(17)11-9-4-5-10(6-9)12(11)15/h8-12H,3-7,15H2,1-2H3,(H,16,17). The van der Waals surface area contributed by atoms with E-state index in [9.17, 15) is 9.59 Å². The molecule has 0 heterocycles. The van der Waals surface area contributed by atoms with E-state index in [1.807, 2.05) is 0 Å². The van der Waals surface area contributed by atoms with Crippen LogP contribution in [0.5, 0.6) is 0 Å². The molecular formula is C14H24N2O3. The van der Waals surface area contributed by atoms with E-state index in [1.54, 1.807) is 13.8 Å². The van der Waals surface area contributed by atoms with Crippen molar-refractivity contribution in [1.29, 1.82) is 0 Å². The molecule has 2 rings (SSSR count). The van der Waals surface area contributed by atoms with E-state index in [0.29, 0.717) is 25.0 Å². The van der Waals surface area contributed by atoms with Gasteiger partial charge in [0.15, 0.2) is 0 Å². The predicted octanol–water partition coefficient (Wildman–Crippen LogP) is 0.675. The van der Waals surface area contributed by atoms with E-state index >= 15 is 0 Å². The molecule has 0 aliphatic heterocycles. The van der Waals surface area contributed by atoms with Crippen molar-refractivity contribution in [2.45, 2.75) is 39.2 Å². The van der Waals surface area contributed by atoms with Gasteiger partial charge in [-0.05, 0) is 38.0 Å². The van der Waals surface area contributed by atoms with Crippen LogP contribution < -0.4 is 11.1 Å². The predicted molar refractivity (Wildman–Crippen MR) is 71.1 cm³/mol. The van der Waals surface area contributed by atoms with Gasteiger partial charge < -0.3 is 15.8 Å². The van der Waals surface area contributed by atoms with Gasteiger partial charge >= 0.3 is 5.97 Å². The molecule has 2 aliphatic carbocycles. The number of fused-ring (bicyclic) bond motifs is 2. The highest BCUT2D eigenvalue weighted by atomic mass is 16.5. The first-order valence-corrected chi connectivity index (χ1v) is 7.24. The molecule has 1 amide bonds. The Hall–Kier alpha value is -1.10. The third-order valence-corrected chi connectivity index (χ3v) is 4.55. The van der Waals surface area contributed by atoms with E-state index in [4.69, 9.17) is 10.5 Å². The van der Waals surface area contributed by atoms with Crippen LogP contribution in [-0.4, -0.2) is 31.1 Å². The molecule has 2 bridgehead atoms. The van der Waals surface area contributed by atoms with Crippen LogP contribution in [0.4, 0.5) is 0 Å². The number of amides is 1. The molecule has 2 saturated carbocycles. The summed E-state index contributed by atoms with van der Waals surface area (Å²) in [5, 5.41) is 2.86. The molecule has 2 aliphatic rings. The van der Waals surface area contributed by atoms with Gasteiger partial charge in [-0.25, -0.2) is 0 Å². The monoisotopic (exact) mass is 268 g/mol. The van der Waals surface area contributed by atoms with Gasteiger partial charge in [0.2, 0.25) is 5.91 Å². The molecule has 0 spiro atoms. The van der Waals surface area contributed by atoms with Crippen molar-refractivity contribution < 1.29 is 14.3 Å². The summed E-state index contributed by atoms with van der Waals surface area (Å²) in [6.45, 7) is 4.24. The maximum atomic E-state index is 12.2. The molecule has 0 aromatic rings. The molecule has 5 unspecified atom stereocenters. The van der Waals surface area contributed by atoms with Gasteiger partial charge in [0, 0.05) is 12.6 Å². The molecule has 5 heteroatoms. The van der Waals surface area contributed by atoms with E-state index in [1.165, 1.54) is 0 Å². The fourth-order valence-corrected chi connectivity index (χ4v) is 3.46. The van der Waals surface area contributed by atoms with E-state index in [2.05, 4.69) is 5.32 Å². The van der Waals surface area contributed by atoms with Crippen LogP contribution in [0.15, 0.2) is 0 Å². The second-order valence-electron chi connectivity index (χ2n) is 5.83. The zero-order chi connectivity index (χ0) is 14.0. The minimum absolute atomic E-state index is 0.00310. The van der Waals surface area contributed by atoms with Crippen LogP contribution in [0.25, 0.3) is 0 Å². The van der Waals surface area contributed by atoms with Crippen LogP contribution in [0, 0.1) is 23.7 Å². The summed E-state index contributed by atoms with van der Waals surface area (Å²) in [5.41, 5.74) is 6.13. The fraction of sp³-hybridized carbons (Fsp3) is 0.857. The third kappa shape index (κ3) is 2.91. The van der Waals surface area contributed by atoms with Crippen molar-refractivity contribution in [1.82, 2.24) is 5.32 Å². The summed E-state index contributed by atoms with van der Waals surface area (Å²) in [4.78, 5) is 23.7. The lowest BCUT2D eigenvalue weighted by atomic mass is 9.84. The lowest BCUT2D eigenvalue weighted by molar-refractivity contribution is -0.147. The summed E-state index contributed by atoms with van der Waals surface area (Å²) in [5.74, 6) is 0.337. The van der Waals surface area contributed by atoms with Crippen LogP contribution in [0.2, 0.25) is 0 Å². The summed E-state index contributed by atoms with van der Waals surface area (Å²) in [6, 6.07) is -0.00310. The first kappa shape index (κ1) is 14.3. The molecule has 5 nitrogen and oxygen atoms in total. The Kier molecular flexibility index (Phi) is 4.45. The molecule has 19 heavy (non-hydrogen) atoms. The van der Waals surface area contributed by atoms with Gasteiger partial charge in [0.1, 0.15) is 0 Å². The number of rotatable bonds is 5. The quantitative estimate of drug-likeness (QED) is 0.718. The topological polar surface area (TPSA) is 81.4 Å². The number of esters is 1. The molecule has 2 fully saturated rings. The average molecular weight is 268 g/mol. The van der Waals surface area contributed by atoms with E-state index < -0.39 is 0 Å². The van der Waals surface area contributed by atoms with Crippen molar-refractivity contribution in [2.75, 3.05) is 13.2 Å². The van der Waals surface area contributed by atoms with E-state index in [-0.39, 0.29) is 29.8 Å². The van der Waals surface area contributed by atoms with Gasteiger partial charge in [-0.3, -0.25) is 9.59 Å². The molecule has 0 radical (unpaired) electrons. The Labute approximate surface area is 114 Å². The van der Waals surface area contributed by atoms with E-state index in [0.717, 1.165) is 19.3 Å². The Morgan fingerprint density at radius 2 is 2.05 bits per heavy atom.